The van der Waals surface area contributed by atoms with E-state index in [2.05, 4.69) is 5.32 Å². The van der Waals surface area contributed by atoms with E-state index in [9.17, 15) is 9.18 Å². The van der Waals surface area contributed by atoms with Crippen molar-refractivity contribution >= 4 is 5.91 Å². The van der Waals surface area contributed by atoms with Gasteiger partial charge in [-0.1, -0.05) is 12.1 Å². The SMILES string of the molecule is Cc1ccc(CNC(=O)C2(N)CCC2)cc1F. The van der Waals surface area contributed by atoms with Crippen molar-refractivity contribution in [1.29, 1.82) is 0 Å². The van der Waals surface area contributed by atoms with Crippen LogP contribution < -0.4 is 11.1 Å². The van der Waals surface area contributed by atoms with Crippen molar-refractivity contribution in [1.82, 2.24) is 5.32 Å². The second-order valence-corrected chi connectivity index (χ2v) is 4.78. The van der Waals surface area contributed by atoms with E-state index in [0.29, 0.717) is 12.1 Å². The number of nitrogens with two attached hydrogens (primary N) is 1. The zero-order chi connectivity index (χ0) is 12.5. The Morgan fingerprint density at radius 2 is 2.24 bits per heavy atom. The molecular formula is C13H17FN2O. The van der Waals surface area contributed by atoms with Gasteiger partial charge in [0, 0.05) is 6.54 Å². The smallest absolute Gasteiger partial charge is 0.240 e. The average molecular weight is 236 g/mol. The lowest BCUT2D eigenvalue weighted by atomic mass is 9.77. The molecule has 1 aliphatic rings. The van der Waals surface area contributed by atoms with Gasteiger partial charge >= 0.3 is 0 Å². The third kappa shape index (κ3) is 2.47. The molecule has 3 N–H and O–H groups in total. The first-order valence-electron chi connectivity index (χ1n) is 5.83. The first-order chi connectivity index (χ1) is 8.01. The van der Waals surface area contributed by atoms with Crippen LogP contribution >= 0.6 is 0 Å². The van der Waals surface area contributed by atoms with Gasteiger partial charge in [-0.05, 0) is 43.4 Å². The molecule has 0 heterocycles. The van der Waals surface area contributed by atoms with Gasteiger partial charge in [0.05, 0.1) is 5.54 Å². The van der Waals surface area contributed by atoms with Crippen molar-refractivity contribution in [2.45, 2.75) is 38.3 Å². The summed E-state index contributed by atoms with van der Waals surface area (Å²) in [5.41, 5.74) is 6.55. The summed E-state index contributed by atoms with van der Waals surface area (Å²) in [7, 11) is 0. The number of carbonyl (C=O) groups is 1. The van der Waals surface area contributed by atoms with E-state index in [-0.39, 0.29) is 11.7 Å². The van der Waals surface area contributed by atoms with E-state index in [1.54, 1.807) is 13.0 Å². The molecule has 1 saturated carbocycles. The van der Waals surface area contributed by atoms with Gasteiger partial charge in [0.2, 0.25) is 5.91 Å². The summed E-state index contributed by atoms with van der Waals surface area (Å²) in [6.07, 6.45) is 2.48. The third-order valence-corrected chi connectivity index (χ3v) is 3.39. The maximum absolute atomic E-state index is 13.3. The summed E-state index contributed by atoms with van der Waals surface area (Å²) in [5.74, 6) is -0.382. The summed E-state index contributed by atoms with van der Waals surface area (Å²) in [5, 5.41) is 2.76. The predicted octanol–water partition coefficient (Wildman–Crippen LogP) is 1.63. The van der Waals surface area contributed by atoms with Crippen molar-refractivity contribution in [3.05, 3.63) is 35.1 Å². The Hall–Kier alpha value is -1.42. The number of benzene rings is 1. The quantitative estimate of drug-likeness (QED) is 0.838. The minimum absolute atomic E-state index is 0.135. The van der Waals surface area contributed by atoms with Crippen LogP contribution in [0.3, 0.4) is 0 Å². The van der Waals surface area contributed by atoms with Gasteiger partial charge in [0.1, 0.15) is 5.82 Å². The van der Waals surface area contributed by atoms with Crippen LogP contribution in [0, 0.1) is 12.7 Å². The normalized spacial score (nSPS) is 17.4. The Balaban J connectivity index is 1.93. The van der Waals surface area contributed by atoms with Crippen LogP contribution in [-0.2, 0) is 11.3 Å². The highest BCUT2D eigenvalue weighted by Gasteiger charge is 2.39. The Labute approximate surface area is 100 Å². The lowest BCUT2D eigenvalue weighted by Crippen LogP contribution is -2.58. The number of hydrogen-bond donors (Lipinski definition) is 2. The van der Waals surface area contributed by atoms with Crippen molar-refractivity contribution in [3.63, 3.8) is 0 Å². The van der Waals surface area contributed by atoms with E-state index in [0.717, 1.165) is 24.8 Å². The number of aryl methyl sites for hydroxylation is 1. The highest BCUT2D eigenvalue weighted by Crippen LogP contribution is 2.29. The molecule has 0 atom stereocenters. The molecule has 1 aromatic rings. The molecule has 1 aliphatic carbocycles. The third-order valence-electron chi connectivity index (χ3n) is 3.39. The van der Waals surface area contributed by atoms with E-state index in [4.69, 9.17) is 5.73 Å². The molecule has 0 bridgehead atoms. The highest BCUT2D eigenvalue weighted by molar-refractivity contribution is 5.86. The van der Waals surface area contributed by atoms with Crippen molar-refractivity contribution < 1.29 is 9.18 Å². The van der Waals surface area contributed by atoms with Gasteiger partial charge in [-0.3, -0.25) is 4.79 Å². The molecule has 0 aromatic heterocycles. The lowest BCUT2D eigenvalue weighted by molar-refractivity contribution is -0.129. The van der Waals surface area contributed by atoms with Gasteiger partial charge in [0.15, 0.2) is 0 Å². The fourth-order valence-corrected chi connectivity index (χ4v) is 1.89. The molecule has 4 heteroatoms. The number of hydrogen-bond acceptors (Lipinski definition) is 2. The highest BCUT2D eigenvalue weighted by atomic mass is 19.1. The van der Waals surface area contributed by atoms with Crippen LogP contribution in [0.2, 0.25) is 0 Å². The molecule has 92 valence electrons. The first kappa shape index (κ1) is 12.0. The number of halogens is 1. The number of rotatable bonds is 3. The Morgan fingerprint density at radius 3 is 2.76 bits per heavy atom. The summed E-state index contributed by atoms with van der Waals surface area (Å²) in [6.45, 7) is 2.04. The molecule has 1 amide bonds. The maximum Gasteiger partial charge on any atom is 0.240 e. The van der Waals surface area contributed by atoms with Crippen LogP contribution in [0.1, 0.15) is 30.4 Å². The molecule has 0 radical (unpaired) electrons. The van der Waals surface area contributed by atoms with Crippen LogP contribution in [0.25, 0.3) is 0 Å². The minimum Gasteiger partial charge on any atom is -0.350 e. The Kier molecular flexibility index (Phi) is 3.15. The fourth-order valence-electron chi connectivity index (χ4n) is 1.89. The molecule has 2 rings (SSSR count). The summed E-state index contributed by atoms with van der Waals surface area (Å²) in [6, 6.07) is 4.96. The fraction of sp³-hybridized carbons (Fsp3) is 0.462. The van der Waals surface area contributed by atoms with Gasteiger partial charge in [-0.15, -0.1) is 0 Å². The van der Waals surface area contributed by atoms with E-state index in [1.807, 2.05) is 6.07 Å². The number of amides is 1. The predicted molar refractivity (Wildman–Crippen MR) is 63.8 cm³/mol. The van der Waals surface area contributed by atoms with Crippen molar-refractivity contribution in [2.75, 3.05) is 0 Å². The molecule has 0 unspecified atom stereocenters. The van der Waals surface area contributed by atoms with Crippen LogP contribution in [0.5, 0.6) is 0 Å². The van der Waals surface area contributed by atoms with E-state index in [1.165, 1.54) is 6.07 Å². The van der Waals surface area contributed by atoms with Gasteiger partial charge in [-0.2, -0.15) is 0 Å². The van der Waals surface area contributed by atoms with Gasteiger partial charge in [0.25, 0.3) is 0 Å². The van der Waals surface area contributed by atoms with Crippen molar-refractivity contribution in [2.24, 2.45) is 5.73 Å². The molecule has 1 aromatic carbocycles. The number of nitrogens with one attached hydrogen (secondary N) is 1. The molecular weight excluding hydrogens is 219 g/mol. The zero-order valence-electron chi connectivity index (χ0n) is 9.92. The standard InChI is InChI=1S/C13H17FN2O/c1-9-3-4-10(7-11(9)14)8-16-12(17)13(15)5-2-6-13/h3-4,7H,2,5-6,8,15H2,1H3,(H,16,17). The topological polar surface area (TPSA) is 55.1 Å². The van der Waals surface area contributed by atoms with Crippen LogP contribution in [0.15, 0.2) is 18.2 Å². The average Bonchev–Trinajstić information content (AvgIpc) is 2.27. The minimum atomic E-state index is -0.691. The van der Waals surface area contributed by atoms with Crippen LogP contribution in [0.4, 0.5) is 4.39 Å². The largest absolute Gasteiger partial charge is 0.350 e. The molecule has 0 aliphatic heterocycles. The van der Waals surface area contributed by atoms with Crippen molar-refractivity contribution in [3.8, 4) is 0 Å². The summed E-state index contributed by atoms with van der Waals surface area (Å²) in [4.78, 5) is 11.7. The first-order valence-corrected chi connectivity index (χ1v) is 5.83. The number of carbonyl (C=O) groups excluding carboxylic acids is 1. The van der Waals surface area contributed by atoms with Gasteiger partial charge < -0.3 is 11.1 Å². The zero-order valence-corrected chi connectivity index (χ0v) is 9.92. The second-order valence-electron chi connectivity index (χ2n) is 4.78. The monoisotopic (exact) mass is 236 g/mol. The molecule has 0 saturated heterocycles. The lowest BCUT2D eigenvalue weighted by Gasteiger charge is -2.36. The maximum atomic E-state index is 13.3. The molecule has 17 heavy (non-hydrogen) atoms. The second kappa shape index (κ2) is 4.45. The Morgan fingerprint density at radius 1 is 1.53 bits per heavy atom. The van der Waals surface area contributed by atoms with Crippen LogP contribution in [-0.4, -0.2) is 11.4 Å². The summed E-state index contributed by atoms with van der Waals surface area (Å²) < 4.78 is 13.3. The molecule has 3 nitrogen and oxygen atoms in total. The molecule has 1 fully saturated rings. The van der Waals surface area contributed by atoms with E-state index >= 15 is 0 Å². The van der Waals surface area contributed by atoms with Gasteiger partial charge in [-0.25, -0.2) is 4.39 Å². The Bertz CT molecular complexity index is 441. The summed E-state index contributed by atoms with van der Waals surface area (Å²) >= 11 is 0. The van der Waals surface area contributed by atoms with E-state index < -0.39 is 5.54 Å². The molecule has 0 spiro atoms.